The van der Waals surface area contributed by atoms with Gasteiger partial charge in [-0.3, -0.25) is 4.98 Å². The fourth-order valence-corrected chi connectivity index (χ4v) is 2.59. The van der Waals surface area contributed by atoms with Crippen molar-refractivity contribution in [3.05, 3.63) is 64.8 Å². The Kier molecular flexibility index (Phi) is 2.88. The maximum Gasteiger partial charge on any atom is 0.0783 e. The number of aromatic nitrogens is 1. The van der Waals surface area contributed by atoms with E-state index in [1.54, 1.807) is 0 Å². The van der Waals surface area contributed by atoms with Crippen LogP contribution in [-0.4, -0.2) is 4.98 Å². The largest absolute Gasteiger partial charge is 0.252 e. The molecular weight excluding hydrogens is 286 g/mol. The second-order valence-electron chi connectivity index (χ2n) is 4.34. The highest BCUT2D eigenvalue weighted by Gasteiger charge is 2.06. The molecule has 88 valence electrons. The van der Waals surface area contributed by atoms with Crippen LogP contribution in [-0.2, 0) is 0 Å². The van der Waals surface area contributed by atoms with Crippen LogP contribution in [0.2, 0.25) is 0 Å². The minimum absolute atomic E-state index is 1.05. The summed E-state index contributed by atoms with van der Waals surface area (Å²) >= 11 is 3.51. The Morgan fingerprint density at radius 1 is 0.944 bits per heavy atom. The molecule has 0 spiro atoms. The Morgan fingerprint density at radius 3 is 2.61 bits per heavy atom. The van der Waals surface area contributed by atoms with Crippen molar-refractivity contribution in [3.63, 3.8) is 0 Å². The molecule has 0 saturated heterocycles. The molecule has 0 unspecified atom stereocenters. The lowest BCUT2D eigenvalue weighted by atomic mass is 10.0. The normalized spacial score (nSPS) is 10.8. The van der Waals surface area contributed by atoms with Crippen molar-refractivity contribution >= 4 is 26.7 Å². The molecule has 0 aliphatic carbocycles. The molecule has 0 atom stereocenters. The van der Waals surface area contributed by atoms with E-state index in [0.29, 0.717) is 0 Å². The molecule has 0 bridgehead atoms. The van der Waals surface area contributed by atoms with Gasteiger partial charge in [0.2, 0.25) is 0 Å². The zero-order valence-electron chi connectivity index (χ0n) is 10.0. The van der Waals surface area contributed by atoms with E-state index in [-0.39, 0.29) is 0 Å². The van der Waals surface area contributed by atoms with E-state index in [2.05, 4.69) is 58.4 Å². The van der Waals surface area contributed by atoms with Gasteiger partial charge in [-0.2, -0.15) is 0 Å². The SMILES string of the molecule is Cc1cc2ccccc2c(-c2cccc(Br)c2)n1. The number of pyridine rings is 1. The number of hydrogen-bond donors (Lipinski definition) is 0. The van der Waals surface area contributed by atoms with E-state index in [0.717, 1.165) is 21.4 Å². The van der Waals surface area contributed by atoms with Crippen molar-refractivity contribution in [1.82, 2.24) is 4.98 Å². The molecule has 0 radical (unpaired) electrons. The molecule has 1 nitrogen and oxygen atoms in total. The molecule has 1 aromatic heterocycles. The van der Waals surface area contributed by atoms with Crippen LogP contribution in [0.1, 0.15) is 5.69 Å². The number of nitrogens with zero attached hydrogens (tertiary/aromatic N) is 1. The number of aryl methyl sites for hydroxylation is 1. The predicted octanol–water partition coefficient (Wildman–Crippen LogP) is 4.97. The number of benzene rings is 2. The first kappa shape index (κ1) is 11.4. The van der Waals surface area contributed by atoms with Crippen molar-refractivity contribution < 1.29 is 0 Å². The van der Waals surface area contributed by atoms with Gasteiger partial charge in [-0.1, -0.05) is 52.3 Å². The molecule has 0 N–H and O–H groups in total. The number of hydrogen-bond acceptors (Lipinski definition) is 1. The van der Waals surface area contributed by atoms with E-state index in [1.165, 1.54) is 10.8 Å². The second kappa shape index (κ2) is 4.54. The Bertz CT molecular complexity index is 719. The van der Waals surface area contributed by atoms with Crippen molar-refractivity contribution in [1.29, 1.82) is 0 Å². The fourth-order valence-electron chi connectivity index (χ4n) is 2.19. The second-order valence-corrected chi connectivity index (χ2v) is 5.26. The monoisotopic (exact) mass is 297 g/mol. The standard InChI is InChI=1S/C16H12BrN/c1-11-9-12-5-2-3-8-15(12)16(18-11)13-6-4-7-14(17)10-13/h2-10H,1H3. The van der Waals surface area contributed by atoms with Crippen LogP contribution in [0.4, 0.5) is 0 Å². The minimum Gasteiger partial charge on any atom is -0.252 e. The molecule has 0 aliphatic rings. The van der Waals surface area contributed by atoms with Gasteiger partial charge in [0.05, 0.1) is 5.69 Å². The maximum atomic E-state index is 4.69. The maximum absolute atomic E-state index is 4.69. The average molecular weight is 298 g/mol. The van der Waals surface area contributed by atoms with Gasteiger partial charge >= 0.3 is 0 Å². The predicted molar refractivity (Wildman–Crippen MR) is 79.6 cm³/mol. The highest BCUT2D eigenvalue weighted by atomic mass is 79.9. The summed E-state index contributed by atoms with van der Waals surface area (Å²) in [6.45, 7) is 2.04. The van der Waals surface area contributed by atoms with Crippen molar-refractivity contribution in [2.45, 2.75) is 6.92 Å². The lowest BCUT2D eigenvalue weighted by Gasteiger charge is -2.08. The number of rotatable bonds is 1. The first-order valence-electron chi connectivity index (χ1n) is 5.86. The van der Waals surface area contributed by atoms with Crippen LogP contribution in [0.15, 0.2) is 59.1 Å². The Labute approximate surface area is 115 Å². The quantitative estimate of drug-likeness (QED) is 0.618. The zero-order valence-corrected chi connectivity index (χ0v) is 11.6. The number of fused-ring (bicyclic) bond motifs is 1. The van der Waals surface area contributed by atoms with Gasteiger partial charge < -0.3 is 0 Å². The van der Waals surface area contributed by atoms with Gasteiger partial charge in [-0.15, -0.1) is 0 Å². The molecule has 18 heavy (non-hydrogen) atoms. The molecule has 0 amide bonds. The van der Waals surface area contributed by atoms with Crippen molar-refractivity contribution in [2.24, 2.45) is 0 Å². The van der Waals surface area contributed by atoms with Gasteiger partial charge in [0, 0.05) is 21.1 Å². The lowest BCUT2D eigenvalue weighted by Crippen LogP contribution is -1.89. The van der Waals surface area contributed by atoms with E-state index < -0.39 is 0 Å². The first-order valence-corrected chi connectivity index (χ1v) is 6.66. The van der Waals surface area contributed by atoms with Crippen LogP contribution in [0.25, 0.3) is 22.0 Å². The molecule has 2 heteroatoms. The van der Waals surface area contributed by atoms with Crippen LogP contribution < -0.4 is 0 Å². The molecule has 3 rings (SSSR count). The number of halogens is 1. The summed E-state index contributed by atoms with van der Waals surface area (Å²) < 4.78 is 1.08. The summed E-state index contributed by atoms with van der Waals surface area (Å²) in [5.41, 5.74) is 3.24. The average Bonchev–Trinajstić information content (AvgIpc) is 2.37. The molecular formula is C16H12BrN. The van der Waals surface area contributed by atoms with Crippen molar-refractivity contribution in [3.8, 4) is 11.3 Å². The third-order valence-electron chi connectivity index (χ3n) is 2.97. The Morgan fingerprint density at radius 2 is 1.78 bits per heavy atom. The van der Waals surface area contributed by atoms with Gasteiger partial charge in [-0.05, 0) is 30.5 Å². The van der Waals surface area contributed by atoms with Crippen LogP contribution >= 0.6 is 15.9 Å². The van der Waals surface area contributed by atoms with Gasteiger partial charge in [0.15, 0.2) is 0 Å². The van der Waals surface area contributed by atoms with Gasteiger partial charge in [0.25, 0.3) is 0 Å². The summed E-state index contributed by atoms with van der Waals surface area (Å²) in [7, 11) is 0. The fraction of sp³-hybridized carbons (Fsp3) is 0.0625. The highest BCUT2D eigenvalue weighted by molar-refractivity contribution is 9.10. The van der Waals surface area contributed by atoms with Crippen LogP contribution in [0, 0.1) is 6.92 Å². The Balaban J connectivity index is 2.34. The van der Waals surface area contributed by atoms with E-state index in [1.807, 2.05) is 19.1 Å². The van der Waals surface area contributed by atoms with E-state index in [4.69, 9.17) is 4.98 Å². The first-order chi connectivity index (χ1) is 8.74. The molecule has 2 aromatic carbocycles. The van der Waals surface area contributed by atoms with Gasteiger partial charge in [-0.25, -0.2) is 0 Å². The van der Waals surface area contributed by atoms with Crippen LogP contribution in [0.3, 0.4) is 0 Å². The van der Waals surface area contributed by atoms with Crippen molar-refractivity contribution in [2.75, 3.05) is 0 Å². The highest BCUT2D eigenvalue weighted by Crippen LogP contribution is 2.28. The summed E-state index contributed by atoms with van der Waals surface area (Å²) in [5, 5.41) is 2.43. The molecule has 1 heterocycles. The lowest BCUT2D eigenvalue weighted by molar-refractivity contribution is 1.23. The summed E-state index contributed by atoms with van der Waals surface area (Å²) in [6, 6.07) is 18.8. The molecule has 3 aromatic rings. The molecule has 0 fully saturated rings. The van der Waals surface area contributed by atoms with E-state index in [9.17, 15) is 0 Å². The topological polar surface area (TPSA) is 12.9 Å². The molecule has 0 aliphatic heterocycles. The van der Waals surface area contributed by atoms with E-state index >= 15 is 0 Å². The third kappa shape index (κ3) is 2.04. The van der Waals surface area contributed by atoms with Gasteiger partial charge in [0.1, 0.15) is 0 Å². The zero-order chi connectivity index (χ0) is 12.5. The Hall–Kier alpha value is -1.67. The van der Waals surface area contributed by atoms with Crippen LogP contribution in [0.5, 0.6) is 0 Å². The minimum atomic E-state index is 1.05. The third-order valence-corrected chi connectivity index (χ3v) is 3.46. The smallest absolute Gasteiger partial charge is 0.0783 e. The summed E-state index contributed by atoms with van der Waals surface area (Å²) in [4.78, 5) is 4.69. The summed E-state index contributed by atoms with van der Waals surface area (Å²) in [6.07, 6.45) is 0. The molecule has 0 saturated carbocycles. The summed E-state index contributed by atoms with van der Waals surface area (Å²) in [5.74, 6) is 0.